The molecule has 0 bridgehead atoms. The van der Waals surface area contributed by atoms with Crippen molar-refractivity contribution in [3.05, 3.63) is 84.4 Å². The van der Waals surface area contributed by atoms with Gasteiger partial charge in [0.15, 0.2) is 0 Å². The van der Waals surface area contributed by atoms with Crippen molar-refractivity contribution in [2.75, 3.05) is 31.0 Å². The molecule has 0 aliphatic rings. The first-order valence-electron chi connectivity index (χ1n) is 11.1. The van der Waals surface area contributed by atoms with Crippen LogP contribution in [-0.4, -0.2) is 43.8 Å². The molecule has 1 atom stereocenters. The van der Waals surface area contributed by atoms with Crippen LogP contribution in [-0.2, 0) is 16.0 Å². The SMILES string of the molecule is COc1ccc(N[C@@H](Cc2ccccc2)C(=O)N(CCCC(=O)O)c2ccc(OC)cc2)cc1. The van der Waals surface area contributed by atoms with E-state index in [-0.39, 0.29) is 18.9 Å². The Bertz CT molecular complexity index is 1050. The van der Waals surface area contributed by atoms with Crippen LogP contribution < -0.4 is 19.7 Å². The molecule has 0 heterocycles. The Morgan fingerprint density at radius 2 is 1.47 bits per heavy atom. The van der Waals surface area contributed by atoms with Gasteiger partial charge in [-0.2, -0.15) is 0 Å². The highest BCUT2D eigenvalue weighted by molar-refractivity contribution is 5.99. The highest BCUT2D eigenvalue weighted by Gasteiger charge is 2.26. The zero-order chi connectivity index (χ0) is 24.3. The second-order valence-electron chi connectivity index (χ2n) is 7.80. The number of anilines is 2. The van der Waals surface area contributed by atoms with Gasteiger partial charge in [-0.05, 0) is 60.5 Å². The molecule has 7 nitrogen and oxygen atoms in total. The highest BCUT2D eigenvalue weighted by atomic mass is 16.5. The van der Waals surface area contributed by atoms with Crippen LogP contribution in [0.3, 0.4) is 0 Å². The molecule has 3 rings (SSSR count). The normalized spacial score (nSPS) is 11.4. The lowest BCUT2D eigenvalue weighted by molar-refractivity contribution is -0.137. The summed E-state index contributed by atoms with van der Waals surface area (Å²) < 4.78 is 10.5. The Balaban J connectivity index is 1.90. The molecule has 3 aromatic carbocycles. The predicted molar refractivity (Wildman–Crippen MR) is 133 cm³/mol. The minimum Gasteiger partial charge on any atom is -0.497 e. The topological polar surface area (TPSA) is 88.1 Å². The van der Waals surface area contributed by atoms with E-state index >= 15 is 0 Å². The van der Waals surface area contributed by atoms with E-state index < -0.39 is 12.0 Å². The van der Waals surface area contributed by atoms with Crippen LogP contribution in [0.2, 0.25) is 0 Å². The van der Waals surface area contributed by atoms with Crippen molar-refractivity contribution in [1.82, 2.24) is 0 Å². The van der Waals surface area contributed by atoms with Crippen molar-refractivity contribution in [3.63, 3.8) is 0 Å². The van der Waals surface area contributed by atoms with Crippen LogP contribution >= 0.6 is 0 Å². The number of methoxy groups -OCH3 is 2. The summed E-state index contributed by atoms with van der Waals surface area (Å²) in [6, 6.07) is 23.8. The quantitative estimate of drug-likeness (QED) is 0.408. The minimum atomic E-state index is -0.890. The molecular weight excluding hydrogens is 432 g/mol. The van der Waals surface area contributed by atoms with E-state index in [2.05, 4.69) is 5.32 Å². The molecule has 0 aliphatic carbocycles. The lowest BCUT2D eigenvalue weighted by atomic mass is 10.0. The van der Waals surface area contributed by atoms with Crippen molar-refractivity contribution in [3.8, 4) is 11.5 Å². The van der Waals surface area contributed by atoms with Gasteiger partial charge in [0, 0.05) is 30.8 Å². The van der Waals surface area contributed by atoms with Crippen molar-refractivity contribution in [1.29, 1.82) is 0 Å². The first kappa shape index (κ1) is 24.6. The van der Waals surface area contributed by atoms with Gasteiger partial charge < -0.3 is 24.8 Å². The summed E-state index contributed by atoms with van der Waals surface area (Å²) >= 11 is 0. The van der Waals surface area contributed by atoms with E-state index in [1.165, 1.54) is 0 Å². The maximum absolute atomic E-state index is 13.9. The van der Waals surface area contributed by atoms with Gasteiger partial charge in [0.25, 0.3) is 0 Å². The molecule has 0 radical (unpaired) electrons. The van der Waals surface area contributed by atoms with Gasteiger partial charge in [-0.15, -0.1) is 0 Å². The second kappa shape index (κ2) is 12.3. The number of carbonyl (C=O) groups excluding carboxylic acids is 1. The van der Waals surface area contributed by atoms with Crippen LogP contribution in [0.15, 0.2) is 78.9 Å². The minimum absolute atomic E-state index is 0.0187. The van der Waals surface area contributed by atoms with Gasteiger partial charge in [0.1, 0.15) is 17.5 Å². The zero-order valence-electron chi connectivity index (χ0n) is 19.4. The molecule has 1 amide bonds. The van der Waals surface area contributed by atoms with Crippen LogP contribution in [0.1, 0.15) is 18.4 Å². The first-order chi connectivity index (χ1) is 16.5. The molecule has 0 spiro atoms. The fourth-order valence-electron chi connectivity index (χ4n) is 3.64. The number of carboxylic acids is 1. The molecule has 2 N–H and O–H groups in total. The van der Waals surface area contributed by atoms with Gasteiger partial charge in [-0.25, -0.2) is 0 Å². The summed E-state index contributed by atoms with van der Waals surface area (Å²) in [6.45, 7) is 0.285. The van der Waals surface area contributed by atoms with E-state index in [0.29, 0.717) is 24.3 Å². The Labute approximate surface area is 199 Å². The number of nitrogens with one attached hydrogen (secondary N) is 1. The van der Waals surface area contributed by atoms with E-state index in [1.807, 2.05) is 66.7 Å². The van der Waals surface area contributed by atoms with E-state index in [1.54, 1.807) is 31.3 Å². The number of carbonyl (C=O) groups is 2. The van der Waals surface area contributed by atoms with Crippen LogP contribution in [0.25, 0.3) is 0 Å². The van der Waals surface area contributed by atoms with E-state index in [9.17, 15) is 9.59 Å². The molecule has 0 unspecified atom stereocenters. The van der Waals surface area contributed by atoms with Crippen molar-refractivity contribution >= 4 is 23.3 Å². The lowest BCUT2D eigenvalue weighted by Crippen LogP contribution is -2.45. The number of hydrogen-bond acceptors (Lipinski definition) is 5. The maximum Gasteiger partial charge on any atom is 0.303 e. The average molecular weight is 463 g/mol. The summed E-state index contributed by atoms with van der Waals surface area (Å²) in [5, 5.41) is 12.5. The summed E-state index contributed by atoms with van der Waals surface area (Å²) in [7, 11) is 3.19. The Morgan fingerprint density at radius 3 is 2.03 bits per heavy atom. The molecule has 0 fully saturated rings. The van der Waals surface area contributed by atoms with Crippen LogP contribution in [0, 0.1) is 0 Å². The zero-order valence-corrected chi connectivity index (χ0v) is 19.4. The monoisotopic (exact) mass is 462 g/mol. The molecule has 0 aliphatic heterocycles. The molecule has 3 aromatic rings. The van der Waals surface area contributed by atoms with Crippen molar-refractivity contribution in [2.45, 2.75) is 25.3 Å². The maximum atomic E-state index is 13.9. The fourth-order valence-corrected chi connectivity index (χ4v) is 3.64. The van der Waals surface area contributed by atoms with Crippen molar-refractivity contribution in [2.24, 2.45) is 0 Å². The summed E-state index contributed by atoms with van der Waals surface area (Å²) in [4.78, 5) is 26.6. The number of aliphatic carboxylic acids is 1. The highest BCUT2D eigenvalue weighted by Crippen LogP contribution is 2.23. The average Bonchev–Trinajstić information content (AvgIpc) is 2.87. The number of carboxylic acid groups (broad SMARTS) is 1. The molecule has 0 saturated carbocycles. The summed E-state index contributed by atoms with van der Waals surface area (Å²) in [5.41, 5.74) is 2.49. The standard InChI is InChI=1S/C27H30N2O5/c1-33-23-14-10-21(11-15-23)28-25(19-20-7-4-3-5-8-20)27(32)29(18-6-9-26(30)31)22-12-16-24(34-2)17-13-22/h3-5,7-8,10-17,25,28H,6,9,18-19H2,1-2H3,(H,30,31)/t25-/m0/s1. The second-order valence-corrected chi connectivity index (χ2v) is 7.80. The molecule has 0 saturated heterocycles. The number of ether oxygens (including phenoxy) is 2. The molecule has 34 heavy (non-hydrogen) atoms. The van der Waals surface area contributed by atoms with Gasteiger partial charge in [0.05, 0.1) is 14.2 Å². The van der Waals surface area contributed by atoms with E-state index in [4.69, 9.17) is 14.6 Å². The fraction of sp³-hybridized carbons (Fsp3) is 0.259. The predicted octanol–water partition coefficient (Wildman–Crippen LogP) is 4.63. The molecule has 178 valence electrons. The Hall–Kier alpha value is -4.00. The number of rotatable bonds is 12. The number of hydrogen-bond donors (Lipinski definition) is 2. The van der Waals surface area contributed by atoms with Crippen LogP contribution in [0.4, 0.5) is 11.4 Å². The van der Waals surface area contributed by atoms with Gasteiger partial charge in [-0.1, -0.05) is 30.3 Å². The number of nitrogens with zero attached hydrogens (tertiary/aromatic N) is 1. The molecule has 0 aromatic heterocycles. The lowest BCUT2D eigenvalue weighted by Gasteiger charge is -2.29. The number of amides is 1. The largest absolute Gasteiger partial charge is 0.497 e. The van der Waals surface area contributed by atoms with Gasteiger partial charge >= 0.3 is 5.97 Å². The molecular formula is C27H30N2O5. The first-order valence-corrected chi connectivity index (χ1v) is 11.1. The molecule has 7 heteroatoms. The van der Waals surface area contributed by atoms with E-state index in [0.717, 1.165) is 17.0 Å². The number of benzene rings is 3. The van der Waals surface area contributed by atoms with Crippen LogP contribution in [0.5, 0.6) is 11.5 Å². The third-order valence-corrected chi connectivity index (χ3v) is 5.43. The summed E-state index contributed by atoms with van der Waals surface area (Å²) in [5.74, 6) is 0.374. The summed E-state index contributed by atoms with van der Waals surface area (Å²) in [6.07, 6.45) is 0.792. The third kappa shape index (κ3) is 7.00. The van der Waals surface area contributed by atoms with Gasteiger partial charge in [0.2, 0.25) is 5.91 Å². The van der Waals surface area contributed by atoms with Crippen molar-refractivity contribution < 1.29 is 24.2 Å². The Morgan fingerprint density at radius 1 is 0.882 bits per heavy atom. The third-order valence-electron chi connectivity index (χ3n) is 5.43. The Kier molecular flexibility index (Phi) is 8.91. The smallest absolute Gasteiger partial charge is 0.303 e. The van der Waals surface area contributed by atoms with Gasteiger partial charge in [-0.3, -0.25) is 9.59 Å².